The number of aromatic nitrogens is 7. The van der Waals surface area contributed by atoms with Gasteiger partial charge in [-0.15, -0.1) is 4.80 Å². The molecule has 39 heavy (non-hydrogen) atoms. The summed E-state index contributed by atoms with van der Waals surface area (Å²) in [5, 5.41) is 15.8. The van der Waals surface area contributed by atoms with E-state index in [1.54, 1.807) is 20.8 Å². The Bertz CT molecular complexity index is 1530. The SMILES string of the molecule is CC(C)(C)OC(=O)Nc1nccc(-n2ncc(C(=O)Nc3cnc(-n4nccn4)c(Cl)c3)c2C(F)(F)F)c1Cl. The molecule has 0 fully saturated rings. The Morgan fingerprint density at radius 1 is 0.974 bits per heavy atom. The lowest BCUT2D eigenvalue weighted by Gasteiger charge is -2.20. The summed E-state index contributed by atoms with van der Waals surface area (Å²) < 4.78 is 48.1. The van der Waals surface area contributed by atoms with Crippen molar-refractivity contribution in [1.29, 1.82) is 0 Å². The lowest BCUT2D eigenvalue weighted by atomic mass is 10.2. The first-order chi connectivity index (χ1) is 18.2. The van der Waals surface area contributed by atoms with Crippen LogP contribution in [0.3, 0.4) is 0 Å². The van der Waals surface area contributed by atoms with Crippen LogP contribution in [0.15, 0.2) is 43.1 Å². The van der Waals surface area contributed by atoms with Crippen molar-refractivity contribution in [3.63, 3.8) is 0 Å². The molecule has 0 aliphatic carbocycles. The van der Waals surface area contributed by atoms with Crippen molar-refractivity contribution in [3.05, 3.63) is 64.4 Å². The molecule has 17 heteroatoms. The monoisotopic (exact) mass is 583 g/mol. The van der Waals surface area contributed by atoms with Gasteiger partial charge in [-0.25, -0.2) is 19.4 Å². The number of hydrogen-bond donors (Lipinski definition) is 2. The maximum Gasteiger partial charge on any atom is 0.434 e. The topological polar surface area (TPSA) is 142 Å². The van der Waals surface area contributed by atoms with Gasteiger partial charge < -0.3 is 10.1 Å². The number of anilines is 2. The van der Waals surface area contributed by atoms with E-state index in [1.165, 1.54) is 24.7 Å². The van der Waals surface area contributed by atoms with Gasteiger partial charge in [0, 0.05) is 6.20 Å². The molecule has 0 aliphatic heterocycles. The first kappa shape index (κ1) is 27.8. The molecule has 0 bridgehead atoms. The molecule has 12 nitrogen and oxygen atoms in total. The predicted octanol–water partition coefficient (Wildman–Crippen LogP) is 5.17. The molecule has 0 unspecified atom stereocenters. The summed E-state index contributed by atoms with van der Waals surface area (Å²) in [7, 11) is 0. The molecule has 4 heterocycles. The average Bonchev–Trinajstić information content (AvgIpc) is 3.49. The molecule has 4 aromatic rings. The highest BCUT2D eigenvalue weighted by atomic mass is 35.5. The van der Waals surface area contributed by atoms with Gasteiger partial charge >= 0.3 is 12.3 Å². The molecule has 4 rings (SSSR count). The summed E-state index contributed by atoms with van der Waals surface area (Å²) in [6.45, 7) is 4.87. The minimum atomic E-state index is -5.04. The van der Waals surface area contributed by atoms with Gasteiger partial charge in [0.25, 0.3) is 5.91 Å². The quantitative estimate of drug-likeness (QED) is 0.328. The summed E-state index contributed by atoms with van der Waals surface area (Å²) in [4.78, 5) is 34.1. The number of alkyl halides is 3. The molecule has 4 aromatic heterocycles. The third kappa shape index (κ3) is 6.26. The molecule has 0 radical (unpaired) electrons. The minimum absolute atomic E-state index is 0.00701. The van der Waals surface area contributed by atoms with Crippen molar-refractivity contribution < 1.29 is 27.5 Å². The molecule has 204 valence electrons. The molecule has 0 saturated heterocycles. The Morgan fingerprint density at radius 3 is 2.28 bits per heavy atom. The van der Waals surface area contributed by atoms with E-state index in [0.717, 1.165) is 23.3 Å². The second-order valence-corrected chi connectivity index (χ2v) is 9.52. The molecule has 0 saturated carbocycles. The van der Waals surface area contributed by atoms with Gasteiger partial charge in [-0.3, -0.25) is 10.1 Å². The zero-order valence-corrected chi connectivity index (χ0v) is 21.8. The smallest absolute Gasteiger partial charge is 0.434 e. The zero-order chi connectivity index (χ0) is 28.5. The number of pyridine rings is 2. The zero-order valence-electron chi connectivity index (χ0n) is 20.3. The number of hydrogen-bond acceptors (Lipinski definition) is 8. The number of amides is 2. The fourth-order valence-corrected chi connectivity index (χ4v) is 3.71. The summed E-state index contributed by atoms with van der Waals surface area (Å²) in [5.74, 6) is -1.27. The van der Waals surface area contributed by atoms with Crippen LogP contribution in [0.4, 0.5) is 29.5 Å². The molecule has 0 aromatic carbocycles. The van der Waals surface area contributed by atoms with Crippen LogP contribution in [0, 0.1) is 0 Å². The molecule has 2 N–H and O–H groups in total. The van der Waals surface area contributed by atoms with Crippen molar-refractivity contribution in [2.24, 2.45) is 0 Å². The van der Waals surface area contributed by atoms with Crippen molar-refractivity contribution in [2.75, 3.05) is 10.6 Å². The number of carbonyl (C=O) groups excluding carboxylic acids is 2. The van der Waals surface area contributed by atoms with E-state index < -0.39 is 35.0 Å². The minimum Gasteiger partial charge on any atom is -0.444 e. The highest BCUT2D eigenvalue weighted by Gasteiger charge is 2.41. The highest BCUT2D eigenvalue weighted by Crippen LogP contribution is 2.37. The van der Waals surface area contributed by atoms with E-state index in [4.69, 9.17) is 27.9 Å². The van der Waals surface area contributed by atoms with Gasteiger partial charge in [-0.1, -0.05) is 23.2 Å². The van der Waals surface area contributed by atoms with Crippen LogP contribution >= 0.6 is 23.2 Å². The predicted molar refractivity (Wildman–Crippen MR) is 133 cm³/mol. The summed E-state index contributed by atoms with van der Waals surface area (Å²) in [6, 6.07) is 2.41. The van der Waals surface area contributed by atoms with Gasteiger partial charge in [0.05, 0.1) is 46.7 Å². The van der Waals surface area contributed by atoms with Crippen LogP contribution in [0.5, 0.6) is 0 Å². The second-order valence-electron chi connectivity index (χ2n) is 8.74. The standard InChI is InChI=1S/C22H18Cl2F3N9O3/c1-21(2,3)39-20(38)34-17-15(24)14(4-5-28-17)35-16(22(25,26)27)12(10-32-35)19(37)33-11-8-13(23)18(29-9-11)36-30-6-7-31-36/h4-10H,1-3H3,(H,33,37)(H,28,34,38). The van der Waals surface area contributed by atoms with Crippen LogP contribution in [0.25, 0.3) is 11.5 Å². The Balaban J connectivity index is 1.65. The van der Waals surface area contributed by atoms with Gasteiger partial charge in [0.15, 0.2) is 17.3 Å². The van der Waals surface area contributed by atoms with E-state index in [9.17, 15) is 22.8 Å². The van der Waals surface area contributed by atoms with Crippen LogP contribution < -0.4 is 10.6 Å². The van der Waals surface area contributed by atoms with E-state index in [0.29, 0.717) is 4.68 Å². The van der Waals surface area contributed by atoms with Crippen LogP contribution in [0.2, 0.25) is 10.0 Å². The van der Waals surface area contributed by atoms with Crippen molar-refractivity contribution in [3.8, 4) is 11.5 Å². The number of nitrogens with one attached hydrogen (secondary N) is 2. The average molecular weight is 584 g/mol. The van der Waals surface area contributed by atoms with Gasteiger partial charge in [-0.2, -0.15) is 28.5 Å². The van der Waals surface area contributed by atoms with Crippen LogP contribution in [0.1, 0.15) is 36.8 Å². The van der Waals surface area contributed by atoms with Crippen LogP contribution in [-0.2, 0) is 10.9 Å². The maximum atomic E-state index is 14.2. The first-order valence-electron chi connectivity index (χ1n) is 10.9. The molecule has 0 spiro atoms. The van der Waals surface area contributed by atoms with Gasteiger partial charge in [-0.05, 0) is 32.9 Å². The Labute approximate surface area is 228 Å². The lowest BCUT2D eigenvalue weighted by molar-refractivity contribution is -0.143. The third-order valence-corrected chi connectivity index (χ3v) is 5.34. The number of carbonyl (C=O) groups is 2. The van der Waals surface area contributed by atoms with Crippen molar-refractivity contribution >= 4 is 46.7 Å². The second kappa shape index (κ2) is 10.5. The fraction of sp³-hybridized carbons (Fsp3) is 0.227. The van der Waals surface area contributed by atoms with E-state index in [1.807, 2.05) is 0 Å². The molecule has 2 amide bonds. The van der Waals surface area contributed by atoms with E-state index in [2.05, 4.69) is 35.9 Å². The highest BCUT2D eigenvalue weighted by molar-refractivity contribution is 6.35. The normalized spacial score (nSPS) is 11.8. The summed E-state index contributed by atoms with van der Waals surface area (Å²) in [6.07, 6.45) is -0.154. The molecule has 0 atom stereocenters. The molecular formula is C22H18Cl2F3N9O3. The Morgan fingerprint density at radius 2 is 1.67 bits per heavy atom. The summed E-state index contributed by atoms with van der Waals surface area (Å²) >= 11 is 12.4. The third-order valence-electron chi connectivity index (χ3n) is 4.69. The number of ether oxygens (including phenoxy) is 1. The largest absolute Gasteiger partial charge is 0.444 e. The van der Waals surface area contributed by atoms with Crippen molar-refractivity contribution in [2.45, 2.75) is 32.5 Å². The van der Waals surface area contributed by atoms with Gasteiger partial charge in [0.2, 0.25) is 0 Å². The summed E-state index contributed by atoms with van der Waals surface area (Å²) in [5.41, 5.74) is -3.38. The molecular weight excluding hydrogens is 566 g/mol. The van der Waals surface area contributed by atoms with Crippen molar-refractivity contribution in [1.82, 2.24) is 34.7 Å². The Hall–Kier alpha value is -4.24. The first-order valence-corrected chi connectivity index (χ1v) is 11.6. The number of nitrogens with zero attached hydrogens (tertiary/aromatic N) is 7. The van der Waals surface area contributed by atoms with E-state index in [-0.39, 0.29) is 33.1 Å². The van der Waals surface area contributed by atoms with E-state index >= 15 is 0 Å². The Kier molecular flexibility index (Phi) is 7.48. The molecule has 0 aliphatic rings. The lowest BCUT2D eigenvalue weighted by Crippen LogP contribution is -2.27. The maximum absolute atomic E-state index is 14.2. The fourth-order valence-electron chi connectivity index (χ4n) is 3.22. The number of rotatable bonds is 5. The number of halogens is 5. The van der Waals surface area contributed by atoms with Crippen LogP contribution in [-0.4, -0.2) is 52.3 Å². The van der Waals surface area contributed by atoms with Gasteiger partial charge in [0.1, 0.15) is 10.6 Å².